The van der Waals surface area contributed by atoms with E-state index in [9.17, 15) is 9.18 Å². The summed E-state index contributed by atoms with van der Waals surface area (Å²) in [5.41, 5.74) is 7.45. The van der Waals surface area contributed by atoms with Crippen LogP contribution in [0.25, 0.3) is 11.2 Å². The number of nitrogens with zero attached hydrogens (tertiary/aromatic N) is 4. The lowest BCUT2D eigenvalue weighted by Crippen LogP contribution is -2.29. The van der Waals surface area contributed by atoms with Crippen LogP contribution in [0.15, 0.2) is 18.3 Å². The van der Waals surface area contributed by atoms with Crippen molar-refractivity contribution in [3.05, 3.63) is 34.7 Å². The van der Waals surface area contributed by atoms with E-state index in [1.807, 2.05) is 4.57 Å². The first kappa shape index (κ1) is 23.7. The van der Waals surface area contributed by atoms with Crippen molar-refractivity contribution in [1.82, 2.24) is 19.5 Å². The van der Waals surface area contributed by atoms with Crippen LogP contribution >= 0.6 is 11.6 Å². The molecule has 35 heavy (non-hydrogen) atoms. The summed E-state index contributed by atoms with van der Waals surface area (Å²) in [5, 5.41) is 6.92. The Balaban J connectivity index is 1.51. The SMILES string of the molecule is Cc1c(Cl)ccc(Nc2nc3cnc(NC4CCOCC4)nc3n2[C@H]2CC[C@H](C(N)=O)CC2)c1F. The first-order chi connectivity index (χ1) is 16.9. The van der Waals surface area contributed by atoms with Crippen molar-refractivity contribution in [2.24, 2.45) is 11.7 Å². The van der Waals surface area contributed by atoms with E-state index in [1.54, 1.807) is 25.3 Å². The fourth-order valence-corrected chi connectivity index (χ4v) is 5.06. The fourth-order valence-electron chi connectivity index (χ4n) is 4.92. The molecule has 1 aromatic carbocycles. The van der Waals surface area contributed by atoms with Crippen LogP contribution in [-0.4, -0.2) is 44.7 Å². The number of carbonyl (C=O) groups is 1. The summed E-state index contributed by atoms with van der Waals surface area (Å²) in [4.78, 5) is 25.7. The van der Waals surface area contributed by atoms with Gasteiger partial charge in [0.2, 0.25) is 17.8 Å². The van der Waals surface area contributed by atoms with Crippen LogP contribution in [0.4, 0.5) is 22.0 Å². The molecule has 3 aromatic rings. The van der Waals surface area contributed by atoms with E-state index >= 15 is 0 Å². The van der Waals surface area contributed by atoms with Gasteiger partial charge >= 0.3 is 0 Å². The summed E-state index contributed by atoms with van der Waals surface area (Å²) in [5.74, 6) is 0.175. The number of fused-ring (bicyclic) bond motifs is 1. The minimum absolute atomic E-state index is 0.0281. The standard InChI is InChI=1S/C24H29ClFN7O2/c1-13-17(25)6-7-18(20(13)26)30-24-31-19-12-28-23(29-15-8-10-35-11-9-15)32-22(19)33(24)16-4-2-14(3-5-16)21(27)34/h6-7,12,14-16H,2-5,8-11H2,1H3,(H2,27,34)(H,30,31)(H,28,29,32)/t14-,16-. The van der Waals surface area contributed by atoms with Gasteiger partial charge in [-0.3, -0.25) is 9.36 Å². The van der Waals surface area contributed by atoms with Gasteiger partial charge in [0.25, 0.3) is 0 Å². The van der Waals surface area contributed by atoms with E-state index in [1.165, 1.54) is 0 Å². The Kier molecular flexibility index (Phi) is 6.75. The highest BCUT2D eigenvalue weighted by molar-refractivity contribution is 6.31. The predicted molar refractivity (Wildman–Crippen MR) is 132 cm³/mol. The molecule has 2 aromatic heterocycles. The van der Waals surface area contributed by atoms with E-state index in [4.69, 9.17) is 32.0 Å². The number of aromatic nitrogens is 4. The Morgan fingerprint density at radius 3 is 2.63 bits per heavy atom. The molecule has 9 nitrogen and oxygen atoms in total. The van der Waals surface area contributed by atoms with Crippen LogP contribution in [0, 0.1) is 18.7 Å². The van der Waals surface area contributed by atoms with Gasteiger partial charge in [0.1, 0.15) is 5.52 Å². The van der Waals surface area contributed by atoms with Gasteiger partial charge < -0.3 is 21.1 Å². The van der Waals surface area contributed by atoms with Crippen molar-refractivity contribution in [1.29, 1.82) is 0 Å². The highest BCUT2D eigenvalue weighted by atomic mass is 35.5. The molecule has 186 valence electrons. The van der Waals surface area contributed by atoms with Crippen molar-refractivity contribution in [2.45, 2.75) is 57.5 Å². The number of benzene rings is 1. The molecule has 1 aliphatic heterocycles. The molecule has 0 radical (unpaired) electrons. The number of amides is 1. The average Bonchev–Trinajstić information content (AvgIpc) is 3.22. The maximum absolute atomic E-state index is 15.0. The summed E-state index contributed by atoms with van der Waals surface area (Å²) in [6.07, 6.45) is 6.31. The molecule has 1 saturated heterocycles. The summed E-state index contributed by atoms with van der Waals surface area (Å²) in [7, 11) is 0. The highest BCUT2D eigenvalue weighted by Crippen LogP contribution is 2.37. The minimum atomic E-state index is -0.429. The monoisotopic (exact) mass is 501 g/mol. The third kappa shape index (κ3) is 4.90. The van der Waals surface area contributed by atoms with E-state index in [-0.39, 0.29) is 29.6 Å². The van der Waals surface area contributed by atoms with Crippen molar-refractivity contribution in [2.75, 3.05) is 23.8 Å². The Hall–Kier alpha value is -2.98. The second-order valence-electron chi connectivity index (χ2n) is 9.31. The highest BCUT2D eigenvalue weighted by Gasteiger charge is 2.29. The number of nitrogens with two attached hydrogens (primary N) is 1. The lowest BCUT2D eigenvalue weighted by molar-refractivity contribution is -0.122. The van der Waals surface area contributed by atoms with Gasteiger partial charge in [0, 0.05) is 41.8 Å². The number of nitrogens with one attached hydrogen (secondary N) is 2. The molecule has 5 rings (SSSR count). The minimum Gasteiger partial charge on any atom is -0.381 e. The molecule has 1 saturated carbocycles. The fraction of sp³-hybridized carbons (Fsp3) is 0.500. The first-order valence-corrected chi connectivity index (χ1v) is 12.4. The molecule has 1 amide bonds. The zero-order valence-corrected chi connectivity index (χ0v) is 20.3. The maximum atomic E-state index is 15.0. The molecule has 0 spiro atoms. The van der Waals surface area contributed by atoms with Crippen molar-refractivity contribution >= 4 is 46.3 Å². The summed E-state index contributed by atoms with van der Waals surface area (Å²) >= 11 is 6.08. The van der Waals surface area contributed by atoms with Crippen LogP contribution in [-0.2, 0) is 9.53 Å². The van der Waals surface area contributed by atoms with Crippen LogP contribution < -0.4 is 16.4 Å². The third-order valence-corrected chi connectivity index (χ3v) is 7.43. The van der Waals surface area contributed by atoms with Gasteiger partial charge in [-0.15, -0.1) is 0 Å². The number of carbonyl (C=O) groups excluding carboxylic acids is 1. The number of primary amides is 1. The largest absolute Gasteiger partial charge is 0.381 e. The second-order valence-corrected chi connectivity index (χ2v) is 9.71. The zero-order valence-electron chi connectivity index (χ0n) is 19.6. The maximum Gasteiger partial charge on any atom is 0.224 e. The lowest BCUT2D eigenvalue weighted by atomic mass is 9.85. The van der Waals surface area contributed by atoms with Gasteiger partial charge in [-0.05, 0) is 57.6 Å². The molecule has 2 aliphatic rings. The van der Waals surface area contributed by atoms with Gasteiger partial charge in [0.15, 0.2) is 11.5 Å². The number of hydrogen-bond donors (Lipinski definition) is 3. The topological polar surface area (TPSA) is 120 Å². The van der Waals surface area contributed by atoms with Gasteiger partial charge in [-0.2, -0.15) is 4.98 Å². The molecular weight excluding hydrogens is 473 g/mol. The zero-order chi connectivity index (χ0) is 24.5. The molecule has 0 atom stereocenters. The van der Waals surface area contributed by atoms with Crippen LogP contribution in [0.3, 0.4) is 0 Å². The number of anilines is 3. The Bertz CT molecular complexity index is 1240. The quantitative estimate of drug-likeness (QED) is 0.455. The smallest absolute Gasteiger partial charge is 0.224 e. The van der Waals surface area contributed by atoms with Crippen LogP contribution in [0.5, 0.6) is 0 Å². The third-order valence-electron chi connectivity index (χ3n) is 7.02. The van der Waals surface area contributed by atoms with E-state index in [2.05, 4.69) is 15.6 Å². The molecule has 1 aliphatic carbocycles. The summed E-state index contributed by atoms with van der Waals surface area (Å²) in [6, 6.07) is 3.53. The molecule has 4 N–H and O–H groups in total. The summed E-state index contributed by atoms with van der Waals surface area (Å²) in [6.45, 7) is 3.05. The number of halogens is 2. The molecule has 11 heteroatoms. The molecular formula is C24H29ClFN7O2. The Morgan fingerprint density at radius 1 is 1.17 bits per heavy atom. The average molecular weight is 502 g/mol. The van der Waals surface area contributed by atoms with Crippen LogP contribution in [0.2, 0.25) is 5.02 Å². The predicted octanol–water partition coefficient (Wildman–Crippen LogP) is 4.48. The molecule has 0 bridgehead atoms. The van der Waals surface area contributed by atoms with Crippen molar-refractivity contribution < 1.29 is 13.9 Å². The van der Waals surface area contributed by atoms with Gasteiger partial charge in [-0.1, -0.05) is 11.6 Å². The van der Waals surface area contributed by atoms with E-state index in [0.29, 0.717) is 59.7 Å². The number of hydrogen-bond acceptors (Lipinski definition) is 7. The normalized spacial score (nSPS) is 21.2. The number of rotatable bonds is 6. The van der Waals surface area contributed by atoms with Gasteiger partial charge in [0.05, 0.1) is 11.9 Å². The van der Waals surface area contributed by atoms with Crippen LogP contribution in [0.1, 0.15) is 50.1 Å². The lowest BCUT2D eigenvalue weighted by Gasteiger charge is -2.29. The Labute approximate surface area is 207 Å². The van der Waals surface area contributed by atoms with E-state index in [0.717, 1.165) is 25.7 Å². The Morgan fingerprint density at radius 2 is 1.91 bits per heavy atom. The number of ether oxygens (including phenoxy) is 1. The first-order valence-electron chi connectivity index (χ1n) is 12.0. The number of imidazole rings is 1. The van der Waals surface area contributed by atoms with Gasteiger partial charge in [-0.25, -0.2) is 14.4 Å². The van der Waals surface area contributed by atoms with Crippen molar-refractivity contribution in [3.63, 3.8) is 0 Å². The molecule has 3 heterocycles. The molecule has 0 unspecified atom stereocenters. The second kappa shape index (κ2) is 9.94. The summed E-state index contributed by atoms with van der Waals surface area (Å²) < 4.78 is 22.4. The van der Waals surface area contributed by atoms with Crippen molar-refractivity contribution in [3.8, 4) is 0 Å². The molecule has 2 fully saturated rings. The van der Waals surface area contributed by atoms with E-state index < -0.39 is 5.82 Å².